The summed E-state index contributed by atoms with van der Waals surface area (Å²) in [4.78, 5) is 23.9. The molecule has 0 unspecified atom stereocenters. The maximum absolute atomic E-state index is 12.1. The van der Waals surface area contributed by atoms with E-state index in [1.54, 1.807) is 12.1 Å². The molecule has 2 aromatic rings. The van der Waals surface area contributed by atoms with Gasteiger partial charge in [-0.15, -0.1) is 0 Å². The monoisotopic (exact) mass is 390 g/mol. The van der Waals surface area contributed by atoms with Crippen LogP contribution in [0.4, 0.5) is 0 Å². The Kier molecular flexibility index (Phi) is 7.09. The summed E-state index contributed by atoms with van der Waals surface area (Å²) in [5, 5.41) is 2.65. The lowest BCUT2D eigenvalue weighted by Crippen LogP contribution is -2.38. The largest absolute Gasteiger partial charge is 0.452 e. The van der Waals surface area contributed by atoms with E-state index in [0.29, 0.717) is 6.54 Å². The van der Waals surface area contributed by atoms with Crippen molar-refractivity contribution < 1.29 is 22.7 Å². The molecule has 0 aliphatic heterocycles. The number of amides is 1. The van der Waals surface area contributed by atoms with Crippen molar-refractivity contribution in [2.24, 2.45) is 0 Å². The molecule has 2 rings (SSSR count). The number of esters is 1. The van der Waals surface area contributed by atoms with Gasteiger partial charge in [-0.2, -0.15) is 4.72 Å². The molecule has 2 aromatic carbocycles. The number of aryl methyl sites for hydroxylation is 1. The van der Waals surface area contributed by atoms with E-state index in [9.17, 15) is 18.0 Å². The second kappa shape index (κ2) is 9.29. The Balaban J connectivity index is 1.80. The lowest BCUT2D eigenvalue weighted by Gasteiger charge is -2.14. The fourth-order valence-electron chi connectivity index (χ4n) is 2.18. The molecule has 1 amide bonds. The topological polar surface area (TPSA) is 102 Å². The molecule has 0 saturated carbocycles. The highest BCUT2D eigenvalue weighted by Crippen LogP contribution is 2.09. The average molecular weight is 390 g/mol. The van der Waals surface area contributed by atoms with Crippen molar-refractivity contribution in [3.05, 3.63) is 65.7 Å². The smallest absolute Gasteiger partial charge is 0.321 e. The zero-order chi connectivity index (χ0) is 19.9. The van der Waals surface area contributed by atoms with Crippen LogP contribution in [-0.4, -0.2) is 32.9 Å². The molecule has 27 heavy (non-hydrogen) atoms. The van der Waals surface area contributed by atoms with E-state index in [0.717, 1.165) is 11.1 Å². The van der Waals surface area contributed by atoms with E-state index >= 15 is 0 Å². The first-order valence-corrected chi connectivity index (χ1v) is 9.84. The van der Waals surface area contributed by atoms with Gasteiger partial charge in [0.05, 0.1) is 4.90 Å². The Morgan fingerprint density at radius 3 is 2.30 bits per heavy atom. The van der Waals surface area contributed by atoms with E-state index in [4.69, 9.17) is 4.74 Å². The van der Waals surface area contributed by atoms with Crippen molar-refractivity contribution in [1.29, 1.82) is 0 Å². The summed E-state index contributed by atoms with van der Waals surface area (Å²) in [6.45, 7) is 3.01. The van der Waals surface area contributed by atoms with Crippen LogP contribution in [-0.2, 0) is 30.9 Å². The third kappa shape index (κ3) is 6.50. The zero-order valence-corrected chi connectivity index (χ0v) is 16.0. The lowest BCUT2D eigenvalue weighted by molar-refractivity contribution is -0.153. The van der Waals surface area contributed by atoms with Crippen molar-refractivity contribution in [1.82, 2.24) is 10.0 Å². The van der Waals surface area contributed by atoms with Crippen LogP contribution in [0.25, 0.3) is 0 Å². The number of hydrogen-bond acceptors (Lipinski definition) is 5. The summed E-state index contributed by atoms with van der Waals surface area (Å²) in [7, 11) is -3.83. The molecule has 0 aromatic heterocycles. The van der Waals surface area contributed by atoms with Crippen LogP contribution in [0.3, 0.4) is 0 Å². The molecule has 0 bridgehead atoms. The molecule has 144 valence electrons. The Labute approximate surface area is 158 Å². The summed E-state index contributed by atoms with van der Waals surface area (Å²) in [6.07, 6.45) is -1.04. The van der Waals surface area contributed by atoms with E-state index in [2.05, 4.69) is 10.0 Å². The molecular weight excluding hydrogens is 368 g/mol. The highest BCUT2D eigenvalue weighted by molar-refractivity contribution is 7.89. The van der Waals surface area contributed by atoms with Crippen LogP contribution in [0.1, 0.15) is 18.1 Å². The lowest BCUT2D eigenvalue weighted by atomic mass is 10.2. The minimum atomic E-state index is -3.83. The van der Waals surface area contributed by atoms with Crippen molar-refractivity contribution >= 4 is 21.9 Å². The van der Waals surface area contributed by atoms with Crippen molar-refractivity contribution in [2.75, 3.05) is 6.54 Å². The number of hydrogen-bond donors (Lipinski definition) is 2. The molecular formula is C19H22N2O5S. The van der Waals surface area contributed by atoms with Crippen LogP contribution >= 0.6 is 0 Å². The van der Waals surface area contributed by atoms with Gasteiger partial charge in [0.1, 0.15) is 6.54 Å². The summed E-state index contributed by atoms with van der Waals surface area (Å²) in [6, 6.07) is 15.5. The predicted molar refractivity (Wildman–Crippen MR) is 100 cm³/mol. The van der Waals surface area contributed by atoms with Crippen molar-refractivity contribution in [3.63, 3.8) is 0 Å². The van der Waals surface area contributed by atoms with Gasteiger partial charge in [0.2, 0.25) is 10.0 Å². The van der Waals surface area contributed by atoms with Gasteiger partial charge in [-0.25, -0.2) is 8.42 Å². The number of carbonyl (C=O) groups excluding carboxylic acids is 2. The maximum Gasteiger partial charge on any atom is 0.321 e. The third-order valence-electron chi connectivity index (χ3n) is 3.72. The summed E-state index contributed by atoms with van der Waals surface area (Å²) < 4.78 is 31.4. The number of ether oxygens (including phenoxy) is 1. The zero-order valence-electron chi connectivity index (χ0n) is 15.1. The van der Waals surface area contributed by atoms with E-state index in [1.165, 1.54) is 19.1 Å². The predicted octanol–water partition coefficient (Wildman–Crippen LogP) is 1.52. The Bertz CT molecular complexity index is 880. The molecule has 8 heteroatoms. The molecule has 7 nitrogen and oxygen atoms in total. The SMILES string of the molecule is Cc1ccc(S(=O)(=O)NCC(=O)O[C@H](C)C(=O)NCc2ccccc2)cc1. The van der Waals surface area contributed by atoms with Gasteiger partial charge >= 0.3 is 5.97 Å². The average Bonchev–Trinajstić information content (AvgIpc) is 2.65. The minimum Gasteiger partial charge on any atom is -0.452 e. The molecule has 0 saturated heterocycles. The molecule has 0 spiro atoms. The van der Waals surface area contributed by atoms with Gasteiger partial charge in [-0.3, -0.25) is 9.59 Å². The Hall–Kier alpha value is -2.71. The molecule has 1 atom stereocenters. The molecule has 2 N–H and O–H groups in total. The summed E-state index contributed by atoms with van der Waals surface area (Å²) in [5.74, 6) is -1.30. The quantitative estimate of drug-likeness (QED) is 0.666. The number of rotatable bonds is 8. The van der Waals surface area contributed by atoms with Crippen LogP contribution in [0.15, 0.2) is 59.5 Å². The highest BCUT2D eigenvalue weighted by atomic mass is 32.2. The third-order valence-corrected chi connectivity index (χ3v) is 5.14. The first-order valence-electron chi connectivity index (χ1n) is 8.35. The van der Waals surface area contributed by atoms with Gasteiger partial charge in [0.15, 0.2) is 6.10 Å². The molecule has 0 aliphatic rings. The number of nitrogens with one attached hydrogen (secondary N) is 2. The fraction of sp³-hybridized carbons (Fsp3) is 0.263. The van der Waals surface area contributed by atoms with Gasteiger partial charge in [0.25, 0.3) is 5.91 Å². The standard InChI is InChI=1S/C19H22N2O5S/c1-14-8-10-17(11-9-14)27(24,25)21-13-18(22)26-15(2)19(23)20-12-16-6-4-3-5-7-16/h3-11,15,21H,12-13H2,1-2H3,(H,20,23)/t15-/m1/s1. The fourth-order valence-corrected chi connectivity index (χ4v) is 3.14. The second-order valence-corrected chi connectivity index (χ2v) is 7.74. The van der Waals surface area contributed by atoms with Gasteiger partial charge in [0, 0.05) is 6.54 Å². The normalized spacial score (nSPS) is 12.2. The number of benzene rings is 2. The van der Waals surface area contributed by atoms with Gasteiger partial charge < -0.3 is 10.1 Å². The molecule has 0 fully saturated rings. The summed E-state index contributed by atoms with van der Waals surface area (Å²) >= 11 is 0. The van der Waals surface area contributed by atoms with Crippen LogP contribution < -0.4 is 10.0 Å². The Morgan fingerprint density at radius 2 is 1.67 bits per heavy atom. The van der Waals surface area contributed by atoms with E-state index < -0.39 is 34.5 Å². The van der Waals surface area contributed by atoms with Crippen molar-refractivity contribution in [2.45, 2.75) is 31.4 Å². The Morgan fingerprint density at radius 1 is 1.04 bits per heavy atom. The highest BCUT2D eigenvalue weighted by Gasteiger charge is 2.20. The molecule has 0 aliphatic carbocycles. The van der Waals surface area contributed by atoms with Gasteiger partial charge in [-0.05, 0) is 31.5 Å². The van der Waals surface area contributed by atoms with Crippen molar-refractivity contribution in [3.8, 4) is 0 Å². The van der Waals surface area contributed by atoms with E-state index in [-0.39, 0.29) is 4.90 Å². The van der Waals surface area contributed by atoms with E-state index in [1.807, 2.05) is 37.3 Å². The summed E-state index contributed by atoms with van der Waals surface area (Å²) in [5.41, 5.74) is 1.83. The van der Waals surface area contributed by atoms with Crippen LogP contribution in [0.2, 0.25) is 0 Å². The second-order valence-electron chi connectivity index (χ2n) is 5.97. The number of carbonyl (C=O) groups is 2. The number of sulfonamides is 1. The maximum atomic E-state index is 12.1. The first-order chi connectivity index (χ1) is 12.8. The van der Waals surface area contributed by atoms with Crippen LogP contribution in [0.5, 0.6) is 0 Å². The minimum absolute atomic E-state index is 0.0505. The first kappa shape index (κ1) is 20.6. The molecule has 0 radical (unpaired) electrons. The molecule has 0 heterocycles. The van der Waals surface area contributed by atoms with Crippen LogP contribution in [0, 0.1) is 6.92 Å². The van der Waals surface area contributed by atoms with Gasteiger partial charge in [-0.1, -0.05) is 48.0 Å².